The van der Waals surface area contributed by atoms with Crippen molar-refractivity contribution in [2.45, 2.75) is 66.0 Å². The first-order valence-electron chi connectivity index (χ1n) is 9.38. The first kappa shape index (κ1) is 21.2. The largest absolute Gasteiger partial charge is 0.508 e. The second-order valence-electron chi connectivity index (χ2n) is 7.33. The molecule has 0 fully saturated rings. The van der Waals surface area contributed by atoms with E-state index in [-0.39, 0.29) is 0 Å². The normalized spacial score (nSPS) is 12.2. The van der Waals surface area contributed by atoms with Gasteiger partial charge in [0.2, 0.25) is 0 Å². The van der Waals surface area contributed by atoms with Crippen molar-refractivity contribution in [3.8, 4) is 5.75 Å². The van der Waals surface area contributed by atoms with Crippen LogP contribution in [0.4, 0.5) is 0 Å². The van der Waals surface area contributed by atoms with E-state index in [4.69, 9.17) is 0 Å². The van der Waals surface area contributed by atoms with Gasteiger partial charge in [0.05, 0.1) is 0 Å². The first-order valence-corrected chi connectivity index (χ1v) is 9.38. The van der Waals surface area contributed by atoms with Crippen LogP contribution in [-0.4, -0.2) is 28.6 Å². The van der Waals surface area contributed by atoms with Crippen LogP contribution >= 0.6 is 0 Å². The molecule has 138 valence electrons. The molecule has 2 nitrogen and oxygen atoms in total. The Bertz CT molecular complexity index is 558. The van der Waals surface area contributed by atoms with Gasteiger partial charge in [-0.3, -0.25) is 4.90 Å². The summed E-state index contributed by atoms with van der Waals surface area (Å²) in [6, 6.07) is 19.0. The smallest absolute Gasteiger partial charge is 0.119 e. The van der Waals surface area contributed by atoms with Crippen LogP contribution in [0.3, 0.4) is 0 Å². The van der Waals surface area contributed by atoms with Crippen LogP contribution in [0.15, 0.2) is 54.6 Å². The van der Waals surface area contributed by atoms with Crippen LogP contribution in [0.2, 0.25) is 0 Å². The van der Waals surface area contributed by atoms with Crippen molar-refractivity contribution in [2.75, 3.05) is 6.54 Å². The summed E-state index contributed by atoms with van der Waals surface area (Å²) in [4.78, 5) is 2.50. The van der Waals surface area contributed by atoms with E-state index in [1.807, 2.05) is 48.5 Å². The molecule has 2 rings (SSSR count). The lowest BCUT2D eigenvalue weighted by molar-refractivity contribution is 0.169. The standard InChI is InChI=1S/C17H29NO.C6H6/c1-12(2)18(13(3)4)10-9-15(6)16-11-14(5)7-8-17(16)19;1-2-4-6-5-3-1/h7-8,11-13,15,19H,9-10H2,1-6H3;1-6H. The van der Waals surface area contributed by atoms with Crippen molar-refractivity contribution in [1.82, 2.24) is 4.90 Å². The fourth-order valence-electron chi connectivity index (χ4n) is 3.06. The summed E-state index contributed by atoms with van der Waals surface area (Å²) in [5.74, 6) is 0.818. The summed E-state index contributed by atoms with van der Waals surface area (Å²) in [6.07, 6.45) is 1.08. The summed E-state index contributed by atoms with van der Waals surface area (Å²) < 4.78 is 0. The van der Waals surface area contributed by atoms with E-state index in [0.717, 1.165) is 18.5 Å². The summed E-state index contributed by atoms with van der Waals surface area (Å²) in [5, 5.41) is 9.98. The Balaban J connectivity index is 0.000000435. The van der Waals surface area contributed by atoms with Gasteiger partial charge in [0.15, 0.2) is 0 Å². The number of hydrogen-bond donors (Lipinski definition) is 1. The number of benzene rings is 2. The highest BCUT2D eigenvalue weighted by Gasteiger charge is 2.16. The molecule has 1 atom stereocenters. The van der Waals surface area contributed by atoms with E-state index >= 15 is 0 Å². The number of nitrogens with zero attached hydrogens (tertiary/aromatic N) is 1. The first-order chi connectivity index (χ1) is 11.8. The molecule has 0 spiro atoms. The molecule has 0 radical (unpaired) electrons. The van der Waals surface area contributed by atoms with E-state index in [1.54, 1.807) is 0 Å². The van der Waals surface area contributed by atoms with Gasteiger partial charge in [-0.2, -0.15) is 0 Å². The predicted molar refractivity (Wildman–Crippen MR) is 109 cm³/mol. The number of phenolic OH excluding ortho intramolecular Hbond substituents is 1. The summed E-state index contributed by atoms with van der Waals surface area (Å²) in [6.45, 7) is 14.3. The zero-order valence-electron chi connectivity index (χ0n) is 16.7. The highest BCUT2D eigenvalue weighted by molar-refractivity contribution is 5.37. The Morgan fingerprint density at radius 3 is 1.76 bits per heavy atom. The molecule has 0 amide bonds. The van der Waals surface area contributed by atoms with Crippen LogP contribution in [0, 0.1) is 6.92 Å². The van der Waals surface area contributed by atoms with E-state index in [1.165, 1.54) is 5.56 Å². The molecule has 2 heteroatoms. The molecule has 1 unspecified atom stereocenters. The molecule has 1 N–H and O–H groups in total. The zero-order chi connectivity index (χ0) is 18.8. The number of rotatable bonds is 6. The molecule has 0 aliphatic heterocycles. The van der Waals surface area contributed by atoms with Gasteiger partial charge in [0, 0.05) is 12.1 Å². The van der Waals surface area contributed by atoms with Gasteiger partial charge >= 0.3 is 0 Å². The lowest BCUT2D eigenvalue weighted by atomic mass is 9.94. The molecule has 2 aromatic rings. The maximum Gasteiger partial charge on any atom is 0.119 e. The SMILES string of the molecule is Cc1ccc(O)c(C(C)CCN(C(C)C)C(C)C)c1.c1ccccc1. The maximum absolute atomic E-state index is 9.98. The van der Waals surface area contributed by atoms with E-state index in [0.29, 0.717) is 23.8 Å². The monoisotopic (exact) mass is 341 g/mol. The highest BCUT2D eigenvalue weighted by Crippen LogP contribution is 2.29. The molecule has 0 saturated heterocycles. The summed E-state index contributed by atoms with van der Waals surface area (Å²) in [5.41, 5.74) is 2.29. The minimum atomic E-state index is 0.389. The fraction of sp³-hybridized carbons (Fsp3) is 0.478. The average Bonchev–Trinajstić information content (AvgIpc) is 2.58. The predicted octanol–water partition coefficient (Wildman–Crippen LogP) is 6.00. The van der Waals surface area contributed by atoms with Crippen LogP contribution in [-0.2, 0) is 0 Å². The number of phenols is 1. The molecule has 0 aliphatic carbocycles. The van der Waals surface area contributed by atoms with Gasteiger partial charge in [-0.05, 0) is 65.1 Å². The maximum atomic E-state index is 9.98. The van der Waals surface area contributed by atoms with Crippen LogP contribution in [0.1, 0.15) is 58.1 Å². The van der Waals surface area contributed by atoms with Gasteiger partial charge in [0.1, 0.15) is 5.75 Å². The Morgan fingerprint density at radius 1 is 0.840 bits per heavy atom. The van der Waals surface area contributed by atoms with Crippen LogP contribution in [0.25, 0.3) is 0 Å². The zero-order valence-corrected chi connectivity index (χ0v) is 16.7. The molecule has 0 heterocycles. The Labute approximate surface area is 154 Å². The average molecular weight is 342 g/mol. The van der Waals surface area contributed by atoms with E-state index in [2.05, 4.69) is 52.5 Å². The van der Waals surface area contributed by atoms with Gasteiger partial charge in [-0.15, -0.1) is 0 Å². The molecule has 25 heavy (non-hydrogen) atoms. The molecule has 0 saturated carbocycles. The summed E-state index contributed by atoms with van der Waals surface area (Å²) in [7, 11) is 0. The molecule has 0 aliphatic rings. The van der Waals surface area contributed by atoms with Crippen LogP contribution < -0.4 is 0 Å². The Morgan fingerprint density at radius 2 is 1.32 bits per heavy atom. The third kappa shape index (κ3) is 7.74. The second kappa shape index (κ2) is 10.9. The van der Waals surface area contributed by atoms with Crippen molar-refractivity contribution in [3.05, 3.63) is 65.7 Å². The quantitative estimate of drug-likeness (QED) is 0.696. The summed E-state index contributed by atoms with van der Waals surface area (Å²) >= 11 is 0. The lowest BCUT2D eigenvalue weighted by Gasteiger charge is -2.31. The third-order valence-corrected chi connectivity index (χ3v) is 4.53. The van der Waals surface area contributed by atoms with Gasteiger partial charge in [-0.25, -0.2) is 0 Å². The second-order valence-corrected chi connectivity index (χ2v) is 7.33. The minimum absolute atomic E-state index is 0.389. The van der Waals surface area contributed by atoms with Crippen molar-refractivity contribution in [1.29, 1.82) is 0 Å². The molecular formula is C23H35NO. The highest BCUT2D eigenvalue weighted by atomic mass is 16.3. The number of aryl methyl sites for hydroxylation is 1. The molecule has 0 aromatic heterocycles. The Hall–Kier alpha value is -1.80. The molecule has 2 aromatic carbocycles. The number of aromatic hydroxyl groups is 1. The molecule has 0 bridgehead atoms. The van der Waals surface area contributed by atoms with E-state index in [9.17, 15) is 5.11 Å². The van der Waals surface area contributed by atoms with Crippen molar-refractivity contribution < 1.29 is 5.11 Å². The van der Waals surface area contributed by atoms with Crippen molar-refractivity contribution >= 4 is 0 Å². The van der Waals surface area contributed by atoms with Gasteiger partial charge in [-0.1, -0.05) is 61.0 Å². The van der Waals surface area contributed by atoms with Gasteiger partial charge < -0.3 is 5.11 Å². The molecular weight excluding hydrogens is 306 g/mol. The van der Waals surface area contributed by atoms with Crippen LogP contribution in [0.5, 0.6) is 5.75 Å². The Kier molecular flexibility index (Phi) is 9.30. The topological polar surface area (TPSA) is 23.5 Å². The fourth-order valence-corrected chi connectivity index (χ4v) is 3.06. The van der Waals surface area contributed by atoms with E-state index < -0.39 is 0 Å². The number of hydrogen-bond acceptors (Lipinski definition) is 2. The van der Waals surface area contributed by atoms with Gasteiger partial charge in [0.25, 0.3) is 0 Å². The minimum Gasteiger partial charge on any atom is -0.508 e. The lowest BCUT2D eigenvalue weighted by Crippen LogP contribution is -2.38. The third-order valence-electron chi connectivity index (χ3n) is 4.53. The van der Waals surface area contributed by atoms with Crippen molar-refractivity contribution in [3.63, 3.8) is 0 Å². The van der Waals surface area contributed by atoms with Crippen molar-refractivity contribution in [2.24, 2.45) is 0 Å².